The molecule has 0 aromatic carbocycles. The first-order valence-electron chi connectivity index (χ1n) is 8.86. The Morgan fingerprint density at radius 2 is 2.08 bits per heavy atom. The summed E-state index contributed by atoms with van der Waals surface area (Å²) < 4.78 is 5.59. The number of aliphatic imine (C=N–C) groups is 1. The second-order valence-corrected chi connectivity index (χ2v) is 6.46. The third-order valence-electron chi connectivity index (χ3n) is 4.20. The molecular formula is C19H29N5O. The van der Waals surface area contributed by atoms with Gasteiger partial charge >= 0.3 is 0 Å². The number of pyridine rings is 1. The molecule has 0 amide bonds. The third kappa shape index (κ3) is 5.59. The second-order valence-electron chi connectivity index (χ2n) is 6.46. The summed E-state index contributed by atoms with van der Waals surface area (Å²) in [5, 5.41) is 6.71. The van der Waals surface area contributed by atoms with E-state index in [9.17, 15) is 0 Å². The fourth-order valence-electron chi connectivity index (χ4n) is 2.64. The summed E-state index contributed by atoms with van der Waals surface area (Å²) in [5.41, 5.74) is 2.15. The molecule has 2 aromatic heterocycles. The predicted molar refractivity (Wildman–Crippen MR) is 101 cm³/mol. The van der Waals surface area contributed by atoms with Crippen LogP contribution in [0.3, 0.4) is 0 Å². The molecule has 0 aliphatic carbocycles. The molecule has 0 fully saturated rings. The Hall–Kier alpha value is -2.37. The van der Waals surface area contributed by atoms with Crippen LogP contribution in [0.5, 0.6) is 0 Å². The van der Waals surface area contributed by atoms with E-state index in [0.29, 0.717) is 24.3 Å². The Kier molecular flexibility index (Phi) is 6.98. The molecule has 2 aromatic rings. The van der Waals surface area contributed by atoms with Crippen LogP contribution in [0.25, 0.3) is 0 Å². The lowest BCUT2D eigenvalue weighted by Crippen LogP contribution is -2.40. The van der Waals surface area contributed by atoms with Crippen LogP contribution in [0.2, 0.25) is 0 Å². The molecule has 2 rings (SSSR count). The van der Waals surface area contributed by atoms with E-state index in [-0.39, 0.29) is 0 Å². The molecular weight excluding hydrogens is 314 g/mol. The van der Waals surface area contributed by atoms with Crippen LogP contribution in [0, 0.1) is 19.8 Å². The lowest BCUT2D eigenvalue weighted by atomic mass is 9.89. The van der Waals surface area contributed by atoms with Gasteiger partial charge in [-0.1, -0.05) is 19.9 Å². The average Bonchev–Trinajstić information content (AvgIpc) is 2.91. The van der Waals surface area contributed by atoms with Crippen molar-refractivity contribution in [1.29, 1.82) is 0 Å². The summed E-state index contributed by atoms with van der Waals surface area (Å²) in [6.07, 6.45) is 3.74. The van der Waals surface area contributed by atoms with Crippen molar-refractivity contribution >= 4 is 5.96 Å². The van der Waals surface area contributed by atoms with Gasteiger partial charge < -0.3 is 15.1 Å². The normalized spacial score (nSPS) is 13.1. The molecule has 0 radical (unpaired) electrons. The molecule has 0 saturated carbocycles. The smallest absolute Gasteiger partial charge is 0.216 e. The molecule has 0 saturated heterocycles. The quantitative estimate of drug-likeness (QED) is 0.596. The fraction of sp³-hybridized carbons (Fsp3) is 0.526. The van der Waals surface area contributed by atoms with Gasteiger partial charge in [0.1, 0.15) is 12.3 Å². The number of nitrogens with zero attached hydrogens (tertiary/aromatic N) is 3. The largest absolute Gasteiger partial charge is 0.444 e. The van der Waals surface area contributed by atoms with Crippen LogP contribution in [0.15, 0.2) is 33.9 Å². The predicted octanol–water partition coefficient (Wildman–Crippen LogP) is 3.18. The van der Waals surface area contributed by atoms with Crippen LogP contribution in [-0.4, -0.2) is 29.0 Å². The molecule has 136 valence electrons. The maximum Gasteiger partial charge on any atom is 0.216 e. The minimum atomic E-state index is 0.365. The van der Waals surface area contributed by atoms with Gasteiger partial charge in [0.2, 0.25) is 5.89 Å². The van der Waals surface area contributed by atoms with Gasteiger partial charge in [-0.2, -0.15) is 0 Å². The number of guanidine groups is 1. The van der Waals surface area contributed by atoms with Gasteiger partial charge in [0.15, 0.2) is 5.96 Å². The molecule has 0 bridgehead atoms. The summed E-state index contributed by atoms with van der Waals surface area (Å²) in [7, 11) is 0. The van der Waals surface area contributed by atoms with Gasteiger partial charge in [0, 0.05) is 31.4 Å². The van der Waals surface area contributed by atoms with Crippen molar-refractivity contribution < 1.29 is 4.42 Å². The fourth-order valence-corrected chi connectivity index (χ4v) is 2.64. The first kappa shape index (κ1) is 19.0. The summed E-state index contributed by atoms with van der Waals surface area (Å²) in [6, 6.07) is 4.11. The van der Waals surface area contributed by atoms with Gasteiger partial charge in [-0.15, -0.1) is 0 Å². The Bertz CT molecular complexity index is 659. The van der Waals surface area contributed by atoms with Crippen molar-refractivity contribution in [2.75, 3.05) is 13.1 Å². The van der Waals surface area contributed by atoms with Gasteiger partial charge in [-0.3, -0.25) is 4.98 Å². The minimum absolute atomic E-state index is 0.365. The van der Waals surface area contributed by atoms with Gasteiger partial charge in [-0.25, -0.2) is 9.98 Å². The molecule has 25 heavy (non-hydrogen) atoms. The third-order valence-corrected chi connectivity index (χ3v) is 4.20. The molecule has 2 heterocycles. The van der Waals surface area contributed by atoms with E-state index in [1.54, 1.807) is 6.20 Å². The Labute approximate surface area is 150 Å². The molecule has 0 aliphatic heterocycles. The van der Waals surface area contributed by atoms with Gasteiger partial charge in [-0.05, 0) is 38.3 Å². The van der Waals surface area contributed by atoms with E-state index >= 15 is 0 Å². The number of hydrogen-bond donors (Lipinski definition) is 2. The monoisotopic (exact) mass is 343 g/mol. The van der Waals surface area contributed by atoms with E-state index in [2.05, 4.69) is 52.4 Å². The first-order valence-corrected chi connectivity index (χ1v) is 8.86. The number of rotatable bonds is 7. The SMILES string of the molecule is CCNC(=NCc1nc(C)c(C)o1)NCC(c1cccnc1)C(C)C. The van der Waals surface area contributed by atoms with Gasteiger partial charge in [0.25, 0.3) is 0 Å². The summed E-state index contributed by atoms with van der Waals surface area (Å²) in [4.78, 5) is 13.2. The van der Waals surface area contributed by atoms with E-state index in [1.807, 2.05) is 26.1 Å². The van der Waals surface area contributed by atoms with E-state index in [1.165, 1.54) is 5.56 Å². The van der Waals surface area contributed by atoms with E-state index < -0.39 is 0 Å². The van der Waals surface area contributed by atoms with Crippen molar-refractivity contribution in [2.24, 2.45) is 10.9 Å². The highest BCUT2D eigenvalue weighted by molar-refractivity contribution is 5.79. The maximum absolute atomic E-state index is 5.59. The molecule has 0 aliphatic rings. The highest BCUT2D eigenvalue weighted by atomic mass is 16.4. The van der Waals surface area contributed by atoms with Crippen molar-refractivity contribution in [3.8, 4) is 0 Å². The molecule has 6 nitrogen and oxygen atoms in total. The zero-order chi connectivity index (χ0) is 18.2. The van der Waals surface area contributed by atoms with Gasteiger partial charge in [0.05, 0.1) is 5.69 Å². The molecule has 0 spiro atoms. The lowest BCUT2D eigenvalue weighted by molar-refractivity contribution is 0.470. The van der Waals surface area contributed by atoms with Crippen molar-refractivity contribution in [3.05, 3.63) is 47.4 Å². The standard InChI is InChI=1S/C19H29N5O/c1-6-21-19(23-12-18-24-14(4)15(5)25-18)22-11-17(13(2)3)16-8-7-9-20-10-16/h7-10,13,17H,6,11-12H2,1-5H3,(H2,21,22,23). The Morgan fingerprint density at radius 3 is 2.64 bits per heavy atom. The molecule has 6 heteroatoms. The Morgan fingerprint density at radius 1 is 1.28 bits per heavy atom. The summed E-state index contributed by atoms with van der Waals surface area (Å²) in [6.45, 7) is 12.4. The number of oxazole rings is 1. The zero-order valence-electron chi connectivity index (χ0n) is 15.8. The summed E-state index contributed by atoms with van der Waals surface area (Å²) in [5.74, 6) is 3.12. The number of aromatic nitrogens is 2. The number of nitrogens with one attached hydrogen (secondary N) is 2. The molecule has 1 unspecified atom stereocenters. The van der Waals surface area contributed by atoms with Crippen molar-refractivity contribution in [2.45, 2.75) is 47.1 Å². The first-order chi connectivity index (χ1) is 12.0. The second kappa shape index (κ2) is 9.20. The van der Waals surface area contributed by atoms with E-state index in [0.717, 1.165) is 30.5 Å². The summed E-state index contributed by atoms with van der Waals surface area (Å²) >= 11 is 0. The van der Waals surface area contributed by atoms with Crippen LogP contribution in [0.1, 0.15) is 49.6 Å². The average molecular weight is 343 g/mol. The highest BCUT2D eigenvalue weighted by Gasteiger charge is 2.16. The van der Waals surface area contributed by atoms with Crippen LogP contribution >= 0.6 is 0 Å². The van der Waals surface area contributed by atoms with E-state index in [4.69, 9.17) is 4.42 Å². The van der Waals surface area contributed by atoms with Crippen LogP contribution < -0.4 is 10.6 Å². The number of aryl methyl sites for hydroxylation is 2. The minimum Gasteiger partial charge on any atom is -0.444 e. The lowest BCUT2D eigenvalue weighted by Gasteiger charge is -2.22. The zero-order valence-corrected chi connectivity index (χ0v) is 15.8. The highest BCUT2D eigenvalue weighted by Crippen LogP contribution is 2.22. The molecule has 1 atom stereocenters. The molecule has 2 N–H and O–H groups in total. The number of hydrogen-bond acceptors (Lipinski definition) is 4. The maximum atomic E-state index is 5.59. The van der Waals surface area contributed by atoms with Crippen molar-refractivity contribution in [3.63, 3.8) is 0 Å². The van der Waals surface area contributed by atoms with Crippen LogP contribution in [0.4, 0.5) is 0 Å². The Balaban J connectivity index is 2.03. The van der Waals surface area contributed by atoms with Crippen LogP contribution in [-0.2, 0) is 6.54 Å². The topological polar surface area (TPSA) is 75.3 Å². The van der Waals surface area contributed by atoms with Crippen molar-refractivity contribution in [1.82, 2.24) is 20.6 Å².